The zero-order valence-electron chi connectivity index (χ0n) is 12.8. The van der Waals surface area contributed by atoms with Crippen molar-refractivity contribution in [1.82, 2.24) is 10.2 Å². The SMILES string of the molecule is CC(C)CCOCCNC(=O)N1CCOC(CC(=O)O)C1. The molecule has 0 aromatic rings. The first-order valence-corrected chi connectivity index (χ1v) is 7.43. The summed E-state index contributed by atoms with van der Waals surface area (Å²) in [4.78, 5) is 24.2. The van der Waals surface area contributed by atoms with Gasteiger partial charge in [-0.2, -0.15) is 0 Å². The lowest BCUT2D eigenvalue weighted by molar-refractivity contribution is -0.141. The molecular weight excluding hydrogens is 276 g/mol. The summed E-state index contributed by atoms with van der Waals surface area (Å²) in [6.07, 6.45) is 0.500. The Labute approximate surface area is 125 Å². The summed E-state index contributed by atoms with van der Waals surface area (Å²) in [5, 5.41) is 11.5. The van der Waals surface area contributed by atoms with Crippen molar-refractivity contribution in [2.75, 3.05) is 39.5 Å². The minimum atomic E-state index is -0.916. The third-order valence-electron chi connectivity index (χ3n) is 3.19. The van der Waals surface area contributed by atoms with Gasteiger partial charge in [0, 0.05) is 26.2 Å². The molecule has 0 spiro atoms. The van der Waals surface area contributed by atoms with E-state index in [2.05, 4.69) is 19.2 Å². The van der Waals surface area contributed by atoms with Crippen LogP contribution in [0.3, 0.4) is 0 Å². The molecule has 1 aliphatic heterocycles. The molecule has 0 saturated carbocycles. The van der Waals surface area contributed by atoms with E-state index in [9.17, 15) is 9.59 Å². The van der Waals surface area contributed by atoms with Crippen LogP contribution in [0.5, 0.6) is 0 Å². The molecule has 122 valence electrons. The first kappa shape index (κ1) is 17.7. The Morgan fingerprint density at radius 1 is 1.43 bits per heavy atom. The van der Waals surface area contributed by atoms with Gasteiger partial charge in [-0.3, -0.25) is 4.79 Å². The van der Waals surface area contributed by atoms with Crippen LogP contribution in [0.15, 0.2) is 0 Å². The van der Waals surface area contributed by atoms with E-state index in [0.717, 1.165) is 6.42 Å². The summed E-state index contributed by atoms with van der Waals surface area (Å²) in [7, 11) is 0. The highest BCUT2D eigenvalue weighted by molar-refractivity contribution is 5.74. The molecule has 7 nitrogen and oxygen atoms in total. The Balaban J connectivity index is 2.15. The molecule has 1 saturated heterocycles. The second-order valence-electron chi connectivity index (χ2n) is 5.56. The number of carboxylic acid groups (broad SMARTS) is 1. The highest BCUT2D eigenvalue weighted by Gasteiger charge is 2.25. The monoisotopic (exact) mass is 302 g/mol. The number of amides is 2. The minimum Gasteiger partial charge on any atom is -0.481 e. The molecule has 21 heavy (non-hydrogen) atoms. The minimum absolute atomic E-state index is 0.0813. The van der Waals surface area contributed by atoms with E-state index in [4.69, 9.17) is 14.6 Å². The average molecular weight is 302 g/mol. The zero-order valence-corrected chi connectivity index (χ0v) is 12.8. The van der Waals surface area contributed by atoms with Crippen LogP contribution in [0, 0.1) is 5.92 Å². The smallest absolute Gasteiger partial charge is 0.317 e. The third-order valence-corrected chi connectivity index (χ3v) is 3.19. The standard InChI is InChI=1S/C14H26N2O5/c1-11(2)3-6-20-7-4-15-14(19)16-5-8-21-12(10-16)9-13(17)18/h11-12H,3-10H2,1-2H3,(H,15,19)(H,17,18). The van der Waals surface area contributed by atoms with Crippen LogP contribution in [0.4, 0.5) is 4.79 Å². The van der Waals surface area contributed by atoms with E-state index in [-0.39, 0.29) is 12.5 Å². The largest absolute Gasteiger partial charge is 0.481 e. The van der Waals surface area contributed by atoms with Crippen molar-refractivity contribution in [1.29, 1.82) is 0 Å². The molecule has 0 aromatic heterocycles. The van der Waals surface area contributed by atoms with Crippen molar-refractivity contribution in [2.45, 2.75) is 32.8 Å². The Kier molecular flexibility index (Phi) is 8.07. The number of hydrogen-bond acceptors (Lipinski definition) is 4. The quantitative estimate of drug-likeness (QED) is 0.651. The molecule has 1 atom stereocenters. The number of hydrogen-bond donors (Lipinski definition) is 2. The molecule has 1 rings (SSSR count). The summed E-state index contributed by atoms with van der Waals surface area (Å²) in [6, 6.07) is -0.193. The van der Waals surface area contributed by atoms with Gasteiger partial charge < -0.3 is 24.8 Å². The van der Waals surface area contributed by atoms with Gasteiger partial charge in [-0.25, -0.2) is 4.79 Å². The molecule has 0 bridgehead atoms. The molecule has 2 amide bonds. The van der Waals surface area contributed by atoms with Gasteiger partial charge in [0.05, 0.1) is 25.7 Å². The lowest BCUT2D eigenvalue weighted by atomic mass is 10.1. The molecule has 2 N–H and O–H groups in total. The summed E-state index contributed by atoms with van der Waals surface area (Å²) in [6.45, 7) is 7.08. The summed E-state index contributed by atoms with van der Waals surface area (Å²) in [5.41, 5.74) is 0. The van der Waals surface area contributed by atoms with Crippen LogP contribution in [0.1, 0.15) is 26.7 Å². The second kappa shape index (κ2) is 9.57. The number of carbonyl (C=O) groups excluding carboxylic acids is 1. The van der Waals surface area contributed by atoms with Crippen LogP contribution >= 0.6 is 0 Å². The van der Waals surface area contributed by atoms with Crippen LogP contribution < -0.4 is 5.32 Å². The maximum Gasteiger partial charge on any atom is 0.317 e. The fourth-order valence-corrected chi connectivity index (χ4v) is 1.99. The van der Waals surface area contributed by atoms with E-state index in [1.54, 1.807) is 4.90 Å². The summed E-state index contributed by atoms with van der Waals surface area (Å²) < 4.78 is 10.7. The van der Waals surface area contributed by atoms with E-state index < -0.39 is 12.1 Å². The van der Waals surface area contributed by atoms with Crippen LogP contribution in [-0.2, 0) is 14.3 Å². The van der Waals surface area contributed by atoms with Gasteiger partial charge in [0.25, 0.3) is 0 Å². The lowest BCUT2D eigenvalue weighted by Gasteiger charge is -2.32. The summed E-state index contributed by atoms with van der Waals surface area (Å²) >= 11 is 0. The van der Waals surface area contributed by atoms with Crippen molar-refractivity contribution in [3.05, 3.63) is 0 Å². The van der Waals surface area contributed by atoms with Gasteiger partial charge in [-0.15, -0.1) is 0 Å². The highest BCUT2D eigenvalue weighted by atomic mass is 16.5. The molecular formula is C14H26N2O5. The summed E-state index contributed by atoms with van der Waals surface area (Å²) in [5.74, 6) is -0.306. The Morgan fingerprint density at radius 2 is 2.19 bits per heavy atom. The van der Waals surface area contributed by atoms with Crippen molar-refractivity contribution in [3.63, 3.8) is 0 Å². The first-order chi connectivity index (χ1) is 9.99. The normalized spacial score (nSPS) is 18.8. The van der Waals surface area contributed by atoms with E-state index in [0.29, 0.717) is 45.4 Å². The number of nitrogens with zero attached hydrogens (tertiary/aromatic N) is 1. The molecule has 0 aliphatic carbocycles. The predicted octanol–water partition coefficient (Wildman–Crippen LogP) is 0.934. The Bertz CT molecular complexity index is 335. The average Bonchev–Trinajstić information content (AvgIpc) is 2.41. The van der Waals surface area contributed by atoms with Crippen LogP contribution in [0.25, 0.3) is 0 Å². The van der Waals surface area contributed by atoms with E-state index >= 15 is 0 Å². The number of rotatable bonds is 8. The zero-order chi connectivity index (χ0) is 15.7. The van der Waals surface area contributed by atoms with Gasteiger partial charge in [0.1, 0.15) is 0 Å². The molecule has 1 fully saturated rings. The van der Waals surface area contributed by atoms with Gasteiger partial charge in [0.15, 0.2) is 0 Å². The van der Waals surface area contributed by atoms with Crippen molar-refractivity contribution in [2.24, 2.45) is 5.92 Å². The topological polar surface area (TPSA) is 88.1 Å². The number of aliphatic carboxylic acids is 1. The molecule has 0 aromatic carbocycles. The number of nitrogens with one attached hydrogen (secondary N) is 1. The number of carboxylic acids is 1. The third kappa shape index (κ3) is 7.87. The number of morpholine rings is 1. The molecule has 1 aliphatic rings. The van der Waals surface area contributed by atoms with Gasteiger partial charge in [-0.05, 0) is 12.3 Å². The van der Waals surface area contributed by atoms with Crippen LogP contribution in [-0.4, -0.2) is 67.6 Å². The van der Waals surface area contributed by atoms with E-state index in [1.165, 1.54) is 0 Å². The predicted molar refractivity (Wildman–Crippen MR) is 77.2 cm³/mol. The van der Waals surface area contributed by atoms with Crippen molar-refractivity contribution < 1.29 is 24.2 Å². The Hall–Kier alpha value is -1.34. The number of urea groups is 1. The maximum atomic E-state index is 11.9. The van der Waals surface area contributed by atoms with Crippen LogP contribution in [0.2, 0.25) is 0 Å². The Morgan fingerprint density at radius 3 is 2.86 bits per heavy atom. The fraction of sp³-hybridized carbons (Fsp3) is 0.857. The number of carbonyl (C=O) groups is 2. The van der Waals surface area contributed by atoms with Gasteiger partial charge in [0.2, 0.25) is 0 Å². The first-order valence-electron chi connectivity index (χ1n) is 7.43. The molecule has 0 radical (unpaired) electrons. The molecule has 1 heterocycles. The number of ether oxygens (including phenoxy) is 2. The second-order valence-corrected chi connectivity index (χ2v) is 5.56. The van der Waals surface area contributed by atoms with E-state index in [1.807, 2.05) is 0 Å². The molecule has 7 heteroatoms. The van der Waals surface area contributed by atoms with Crippen molar-refractivity contribution >= 4 is 12.0 Å². The lowest BCUT2D eigenvalue weighted by Crippen LogP contribution is -2.50. The maximum absolute atomic E-state index is 11.9. The fourth-order valence-electron chi connectivity index (χ4n) is 1.99. The highest BCUT2D eigenvalue weighted by Crippen LogP contribution is 2.08. The van der Waals surface area contributed by atoms with Crippen molar-refractivity contribution in [3.8, 4) is 0 Å². The van der Waals surface area contributed by atoms with Gasteiger partial charge >= 0.3 is 12.0 Å². The van der Waals surface area contributed by atoms with Gasteiger partial charge in [-0.1, -0.05) is 13.8 Å². The molecule has 1 unspecified atom stereocenters.